The van der Waals surface area contributed by atoms with Gasteiger partial charge in [0, 0.05) is 18.7 Å². The maximum Gasteiger partial charge on any atom is 0.261 e. The number of carbonyl (C=O) groups excluding carboxylic acids is 2. The number of hydrogen-bond acceptors (Lipinski definition) is 4. The Morgan fingerprint density at radius 2 is 1.67 bits per heavy atom. The minimum absolute atomic E-state index is 0.0373. The number of halogens is 2. The molecule has 0 saturated carbocycles. The first-order valence-electron chi connectivity index (χ1n) is 9.97. The molecule has 33 heavy (non-hydrogen) atoms. The van der Waals surface area contributed by atoms with E-state index >= 15 is 0 Å². The monoisotopic (exact) mass is 471 g/mol. The second-order valence-corrected chi connectivity index (χ2v) is 9.17. The van der Waals surface area contributed by atoms with Gasteiger partial charge in [0.25, 0.3) is 10.0 Å². The van der Waals surface area contributed by atoms with E-state index in [2.05, 4.69) is 10.0 Å². The van der Waals surface area contributed by atoms with Gasteiger partial charge in [-0.3, -0.25) is 14.3 Å². The molecule has 1 aliphatic heterocycles. The molecule has 0 spiro atoms. The van der Waals surface area contributed by atoms with E-state index in [1.165, 1.54) is 65.6 Å². The molecule has 7 nitrogen and oxygen atoms in total. The number of benzene rings is 3. The number of para-hydroxylation sites is 1. The molecule has 1 atom stereocenters. The molecule has 0 aliphatic carbocycles. The van der Waals surface area contributed by atoms with Crippen LogP contribution in [0.15, 0.2) is 77.7 Å². The van der Waals surface area contributed by atoms with Gasteiger partial charge in [-0.15, -0.1) is 0 Å². The summed E-state index contributed by atoms with van der Waals surface area (Å²) in [6.45, 7) is 0.0373. The summed E-state index contributed by atoms with van der Waals surface area (Å²) in [5, 5.41) is 2.65. The summed E-state index contributed by atoms with van der Waals surface area (Å²) in [6.07, 6.45) is -0.0653. The van der Waals surface area contributed by atoms with Gasteiger partial charge in [0.05, 0.1) is 22.2 Å². The molecule has 1 saturated heterocycles. The zero-order valence-corrected chi connectivity index (χ0v) is 18.0. The van der Waals surface area contributed by atoms with E-state index in [1.54, 1.807) is 6.07 Å². The molecule has 170 valence electrons. The van der Waals surface area contributed by atoms with Crippen LogP contribution in [0.3, 0.4) is 0 Å². The Morgan fingerprint density at radius 3 is 2.36 bits per heavy atom. The number of hydrogen-bond donors (Lipinski definition) is 2. The smallest absolute Gasteiger partial charge is 0.261 e. The molecule has 3 aromatic carbocycles. The lowest BCUT2D eigenvalue weighted by atomic mass is 10.1. The fraction of sp³-hybridized carbons (Fsp3) is 0.130. The average molecular weight is 471 g/mol. The van der Waals surface area contributed by atoms with Gasteiger partial charge in [-0.05, 0) is 54.6 Å². The van der Waals surface area contributed by atoms with E-state index in [0.717, 1.165) is 6.07 Å². The van der Waals surface area contributed by atoms with Gasteiger partial charge >= 0.3 is 0 Å². The molecule has 1 unspecified atom stereocenters. The Morgan fingerprint density at radius 1 is 0.939 bits per heavy atom. The van der Waals surface area contributed by atoms with Crippen molar-refractivity contribution in [2.45, 2.75) is 11.3 Å². The number of amides is 2. The third-order valence-electron chi connectivity index (χ3n) is 5.15. The van der Waals surface area contributed by atoms with Crippen molar-refractivity contribution in [3.05, 3.63) is 84.4 Å². The third kappa shape index (κ3) is 5.01. The van der Waals surface area contributed by atoms with E-state index in [-0.39, 0.29) is 35.1 Å². The maximum atomic E-state index is 14.0. The summed E-state index contributed by atoms with van der Waals surface area (Å²) in [7, 11) is -3.96. The van der Waals surface area contributed by atoms with E-state index < -0.39 is 33.5 Å². The van der Waals surface area contributed by atoms with Crippen LogP contribution in [-0.4, -0.2) is 26.8 Å². The molecule has 0 bridgehead atoms. The van der Waals surface area contributed by atoms with Crippen molar-refractivity contribution < 1.29 is 26.8 Å². The molecular weight excluding hydrogens is 452 g/mol. The fourth-order valence-corrected chi connectivity index (χ4v) is 4.56. The van der Waals surface area contributed by atoms with Crippen LogP contribution in [0.5, 0.6) is 0 Å². The van der Waals surface area contributed by atoms with Gasteiger partial charge in [0.1, 0.15) is 11.6 Å². The molecule has 2 N–H and O–H groups in total. The second kappa shape index (κ2) is 8.99. The standard InChI is InChI=1S/C23H19F2N3O4S/c24-16-4-3-5-18(13-16)27-33(31,32)19-10-8-17(9-11-19)26-23(30)15-12-22(29)28(14-15)21-7-2-1-6-20(21)25/h1-11,13,15,27H,12,14H2,(H,26,30). The lowest BCUT2D eigenvalue weighted by Crippen LogP contribution is -2.28. The van der Waals surface area contributed by atoms with Crippen molar-refractivity contribution in [1.82, 2.24) is 0 Å². The Kier molecular flexibility index (Phi) is 6.10. The summed E-state index contributed by atoms with van der Waals surface area (Å²) in [4.78, 5) is 26.1. The minimum atomic E-state index is -3.96. The van der Waals surface area contributed by atoms with Gasteiger partial charge in [0.15, 0.2) is 0 Å². The van der Waals surface area contributed by atoms with E-state index in [1.807, 2.05) is 0 Å². The number of rotatable bonds is 6. The number of carbonyl (C=O) groups is 2. The summed E-state index contributed by atoms with van der Waals surface area (Å²) in [5.41, 5.74) is 0.539. The SMILES string of the molecule is O=C(Nc1ccc(S(=O)(=O)Nc2cccc(F)c2)cc1)C1CC(=O)N(c2ccccc2F)C1. The first-order chi connectivity index (χ1) is 15.7. The first kappa shape index (κ1) is 22.4. The lowest BCUT2D eigenvalue weighted by molar-refractivity contribution is -0.122. The van der Waals surface area contributed by atoms with Crippen LogP contribution >= 0.6 is 0 Å². The van der Waals surface area contributed by atoms with Crippen molar-refractivity contribution in [3.63, 3.8) is 0 Å². The van der Waals surface area contributed by atoms with Crippen LogP contribution in [0.2, 0.25) is 0 Å². The van der Waals surface area contributed by atoms with Crippen LogP contribution < -0.4 is 14.9 Å². The van der Waals surface area contributed by atoms with E-state index in [0.29, 0.717) is 5.69 Å². The molecule has 2 amide bonds. The largest absolute Gasteiger partial charge is 0.326 e. The fourth-order valence-electron chi connectivity index (χ4n) is 3.51. The van der Waals surface area contributed by atoms with Gasteiger partial charge in [0.2, 0.25) is 11.8 Å². The highest BCUT2D eigenvalue weighted by molar-refractivity contribution is 7.92. The zero-order chi connectivity index (χ0) is 23.6. The normalized spacial score (nSPS) is 16.0. The van der Waals surface area contributed by atoms with Crippen LogP contribution in [0.25, 0.3) is 0 Å². The van der Waals surface area contributed by atoms with Gasteiger partial charge < -0.3 is 10.2 Å². The number of nitrogens with zero attached hydrogens (tertiary/aromatic N) is 1. The highest BCUT2D eigenvalue weighted by Gasteiger charge is 2.36. The molecule has 1 fully saturated rings. The quantitative estimate of drug-likeness (QED) is 0.572. The zero-order valence-electron chi connectivity index (χ0n) is 17.2. The predicted octanol–water partition coefficient (Wildman–Crippen LogP) is 3.76. The Hall–Kier alpha value is -3.79. The number of nitrogens with one attached hydrogen (secondary N) is 2. The van der Waals surface area contributed by atoms with Crippen LogP contribution in [-0.2, 0) is 19.6 Å². The molecule has 0 aromatic heterocycles. The Labute approximate surface area is 189 Å². The summed E-state index contributed by atoms with van der Waals surface area (Å²) >= 11 is 0. The molecule has 4 rings (SSSR count). The van der Waals surface area contributed by atoms with E-state index in [9.17, 15) is 26.8 Å². The van der Waals surface area contributed by atoms with Gasteiger partial charge in [-0.1, -0.05) is 18.2 Å². The third-order valence-corrected chi connectivity index (χ3v) is 6.55. The molecule has 0 radical (unpaired) electrons. The molecule has 10 heteroatoms. The lowest BCUT2D eigenvalue weighted by Gasteiger charge is -2.17. The van der Waals surface area contributed by atoms with Crippen LogP contribution in [0.1, 0.15) is 6.42 Å². The van der Waals surface area contributed by atoms with Crippen molar-refractivity contribution in [1.29, 1.82) is 0 Å². The molecule has 3 aromatic rings. The predicted molar refractivity (Wildman–Crippen MR) is 119 cm³/mol. The summed E-state index contributed by atoms with van der Waals surface area (Å²) in [6, 6.07) is 16.3. The van der Waals surface area contributed by atoms with Crippen molar-refractivity contribution in [2.24, 2.45) is 5.92 Å². The minimum Gasteiger partial charge on any atom is -0.326 e. The summed E-state index contributed by atoms with van der Waals surface area (Å²) in [5.74, 6) is -2.60. The average Bonchev–Trinajstić information content (AvgIpc) is 3.16. The molecule has 1 heterocycles. The van der Waals surface area contributed by atoms with Gasteiger partial charge in [-0.2, -0.15) is 0 Å². The van der Waals surface area contributed by atoms with E-state index in [4.69, 9.17) is 0 Å². The summed E-state index contributed by atoms with van der Waals surface area (Å²) < 4.78 is 54.6. The van der Waals surface area contributed by atoms with Crippen molar-refractivity contribution in [3.8, 4) is 0 Å². The van der Waals surface area contributed by atoms with Gasteiger partial charge in [-0.25, -0.2) is 17.2 Å². The Balaban J connectivity index is 1.41. The topological polar surface area (TPSA) is 95.6 Å². The van der Waals surface area contributed by atoms with Crippen molar-refractivity contribution in [2.75, 3.05) is 21.5 Å². The first-order valence-corrected chi connectivity index (χ1v) is 11.5. The maximum absolute atomic E-state index is 14.0. The van der Waals surface area contributed by atoms with Crippen LogP contribution in [0.4, 0.5) is 25.8 Å². The molecule has 1 aliphatic rings. The molecular formula is C23H19F2N3O4S. The highest BCUT2D eigenvalue weighted by Crippen LogP contribution is 2.28. The second-order valence-electron chi connectivity index (χ2n) is 7.49. The van der Waals surface area contributed by atoms with Crippen molar-refractivity contribution >= 4 is 38.9 Å². The Bertz CT molecular complexity index is 1310. The number of sulfonamides is 1. The van der Waals surface area contributed by atoms with Crippen LogP contribution in [0, 0.1) is 17.6 Å². The highest BCUT2D eigenvalue weighted by atomic mass is 32.2. The number of anilines is 3.